The number of nitrogens with zero attached hydrogens (tertiary/aromatic N) is 5. The van der Waals surface area contributed by atoms with E-state index in [0.717, 1.165) is 67.2 Å². The Morgan fingerprint density at radius 1 is 0.306 bits per heavy atom. The molecule has 9 aromatic carbocycles. The number of benzene rings is 9. The van der Waals surface area contributed by atoms with Gasteiger partial charge in [0.25, 0.3) is 0 Å². The van der Waals surface area contributed by atoms with Crippen molar-refractivity contribution in [3.8, 4) is 62.1 Å². The van der Waals surface area contributed by atoms with Crippen molar-refractivity contribution in [3.05, 3.63) is 237 Å². The fourth-order valence-corrected chi connectivity index (χ4v) is 8.56. The summed E-state index contributed by atoms with van der Waals surface area (Å²) in [6.07, 6.45) is 0. The predicted octanol–water partition coefficient (Wildman–Crippen LogP) is 14.8. The molecule has 0 atom stereocenters. The van der Waals surface area contributed by atoms with Crippen molar-refractivity contribution in [1.29, 1.82) is 0 Å². The lowest BCUT2D eigenvalue weighted by Gasteiger charge is -2.31. The molecular weight excluding hydrogens is 755 g/mol. The average molecular weight is 794 g/mol. The van der Waals surface area contributed by atoms with Gasteiger partial charge in [0.05, 0.1) is 16.7 Å². The van der Waals surface area contributed by atoms with Gasteiger partial charge in [-0.2, -0.15) is 0 Å². The molecule has 5 nitrogen and oxygen atoms in total. The van der Waals surface area contributed by atoms with Crippen LogP contribution in [0.3, 0.4) is 0 Å². The summed E-state index contributed by atoms with van der Waals surface area (Å²) >= 11 is 0. The highest BCUT2D eigenvalue weighted by Gasteiger charge is 2.26. The van der Waals surface area contributed by atoms with Crippen molar-refractivity contribution in [2.75, 3.05) is 4.90 Å². The van der Waals surface area contributed by atoms with Crippen LogP contribution in [0, 0.1) is 0 Å². The number of rotatable bonds is 9. The summed E-state index contributed by atoms with van der Waals surface area (Å²) in [4.78, 5) is 17.9. The van der Waals surface area contributed by atoms with Crippen molar-refractivity contribution in [2.24, 2.45) is 0 Å². The molecule has 0 amide bonds. The van der Waals surface area contributed by atoms with E-state index in [0.29, 0.717) is 17.5 Å². The zero-order valence-electron chi connectivity index (χ0n) is 33.8. The summed E-state index contributed by atoms with van der Waals surface area (Å²) in [5, 5.41) is 2.41. The van der Waals surface area contributed by atoms with Crippen LogP contribution in [0.15, 0.2) is 237 Å². The number of para-hydroxylation sites is 3. The molecule has 0 saturated heterocycles. The molecule has 0 unspecified atom stereocenters. The van der Waals surface area contributed by atoms with Gasteiger partial charge in [-0.25, -0.2) is 15.0 Å². The highest BCUT2D eigenvalue weighted by Crippen LogP contribution is 2.49. The molecule has 292 valence electrons. The fourth-order valence-electron chi connectivity index (χ4n) is 8.56. The van der Waals surface area contributed by atoms with Gasteiger partial charge in [0.1, 0.15) is 0 Å². The minimum atomic E-state index is 0.596. The van der Waals surface area contributed by atoms with Gasteiger partial charge < -0.3 is 9.47 Å². The molecule has 0 aliphatic heterocycles. The molecule has 5 heteroatoms. The molecule has 0 aliphatic rings. The van der Waals surface area contributed by atoms with Crippen LogP contribution >= 0.6 is 0 Å². The molecule has 0 aliphatic carbocycles. The summed E-state index contributed by atoms with van der Waals surface area (Å²) in [7, 11) is 0. The van der Waals surface area contributed by atoms with E-state index >= 15 is 0 Å². The summed E-state index contributed by atoms with van der Waals surface area (Å²) < 4.78 is 2.38. The first-order valence-corrected chi connectivity index (χ1v) is 20.9. The van der Waals surface area contributed by atoms with E-state index in [1.807, 2.05) is 60.7 Å². The van der Waals surface area contributed by atoms with E-state index in [9.17, 15) is 0 Å². The van der Waals surface area contributed by atoms with Crippen LogP contribution in [0.25, 0.3) is 83.9 Å². The Bertz CT molecular complexity index is 3200. The van der Waals surface area contributed by atoms with Gasteiger partial charge in [-0.3, -0.25) is 0 Å². The van der Waals surface area contributed by atoms with Crippen LogP contribution < -0.4 is 4.90 Å². The molecule has 2 aromatic heterocycles. The Morgan fingerprint density at radius 3 is 1.26 bits per heavy atom. The van der Waals surface area contributed by atoms with Gasteiger partial charge in [0.15, 0.2) is 17.5 Å². The SMILES string of the molecule is c1ccc(-c2nc(-c3ccccc3)nc(-c3cc(-c4ccccc4)c(N(c4ccccc4)c4ccc5c6ccccc6n(-c6ccccc6)c5c4)c(-c4ccccc4)c3)n2)cc1. The number of hydrogen-bond acceptors (Lipinski definition) is 4. The lowest BCUT2D eigenvalue weighted by Crippen LogP contribution is -2.13. The van der Waals surface area contributed by atoms with Crippen molar-refractivity contribution in [3.63, 3.8) is 0 Å². The van der Waals surface area contributed by atoms with Crippen LogP contribution in [-0.4, -0.2) is 19.5 Å². The molecule has 0 fully saturated rings. The van der Waals surface area contributed by atoms with E-state index in [2.05, 4.69) is 185 Å². The highest BCUT2D eigenvalue weighted by molar-refractivity contribution is 6.11. The first-order chi connectivity index (χ1) is 30.8. The standard InChI is InChI=1S/C57H39N5/c1-7-21-40(22-8-1)50-37-44(57-59-55(42-25-11-3-12-26-42)58-56(60-57)43-27-13-4-14-28-43)38-51(41-23-9-2-10-24-41)54(50)61(45-29-15-5-16-30-45)47-35-36-49-48-33-19-20-34-52(48)62(53(49)39-47)46-31-17-6-18-32-46/h1-39H. The summed E-state index contributed by atoms with van der Waals surface area (Å²) in [5.41, 5.74) is 13.5. The number of aromatic nitrogens is 4. The second-order valence-corrected chi connectivity index (χ2v) is 15.3. The van der Waals surface area contributed by atoms with Gasteiger partial charge in [-0.15, -0.1) is 0 Å². The minimum Gasteiger partial charge on any atom is -0.309 e. The lowest BCUT2D eigenvalue weighted by atomic mass is 9.91. The zero-order valence-corrected chi connectivity index (χ0v) is 33.8. The highest BCUT2D eigenvalue weighted by atomic mass is 15.2. The Balaban J connectivity index is 1.22. The van der Waals surface area contributed by atoms with Crippen molar-refractivity contribution in [1.82, 2.24) is 19.5 Å². The molecule has 11 rings (SSSR count). The van der Waals surface area contributed by atoms with Gasteiger partial charge in [0, 0.05) is 55.7 Å². The smallest absolute Gasteiger partial charge is 0.164 e. The second-order valence-electron chi connectivity index (χ2n) is 15.3. The summed E-state index contributed by atoms with van der Waals surface area (Å²) in [6, 6.07) is 83.0. The Morgan fingerprint density at radius 2 is 0.726 bits per heavy atom. The zero-order chi connectivity index (χ0) is 41.2. The molecule has 11 aromatic rings. The topological polar surface area (TPSA) is 46.8 Å². The van der Waals surface area contributed by atoms with Crippen LogP contribution in [-0.2, 0) is 0 Å². The van der Waals surface area contributed by atoms with Gasteiger partial charge in [-0.1, -0.05) is 182 Å². The van der Waals surface area contributed by atoms with E-state index in [1.54, 1.807) is 0 Å². The molecular formula is C57H39N5. The molecule has 0 bridgehead atoms. The number of anilines is 3. The van der Waals surface area contributed by atoms with Gasteiger partial charge >= 0.3 is 0 Å². The number of hydrogen-bond donors (Lipinski definition) is 0. The van der Waals surface area contributed by atoms with Crippen molar-refractivity contribution in [2.45, 2.75) is 0 Å². The largest absolute Gasteiger partial charge is 0.309 e. The van der Waals surface area contributed by atoms with Crippen LogP contribution in [0.4, 0.5) is 17.1 Å². The van der Waals surface area contributed by atoms with E-state index in [1.165, 1.54) is 16.3 Å². The second kappa shape index (κ2) is 16.0. The molecule has 2 heterocycles. The van der Waals surface area contributed by atoms with E-state index in [4.69, 9.17) is 15.0 Å². The van der Waals surface area contributed by atoms with E-state index < -0.39 is 0 Å². The normalized spacial score (nSPS) is 11.2. The summed E-state index contributed by atoms with van der Waals surface area (Å²) in [6.45, 7) is 0. The van der Waals surface area contributed by atoms with Gasteiger partial charge in [0.2, 0.25) is 0 Å². The quantitative estimate of drug-likeness (QED) is 0.146. The maximum Gasteiger partial charge on any atom is 0.164 e. The average Bonchev–Trinajstić information content (AvgIpc) is 3.69. The van der Waals surface area contributed by atoms with E-state index in [-0.39, 0.29) is 0 Å². The molecule has 0 saturated carbocycles. The third kappa shape index (κ3) is 6.78. The Kier molecular flexibility index (Phi) is 9.45. The van der Waals surface area contributed by atoms with Crippen LogP contribution in [0.5, 0.6) is 0 Å². The van der Waals surface area contributed by atoms with Gasteiger partial charge in [-0.05, 0) is 65.7 Å². The monoisotopic (exact) mass is 793 g/mol. The minimum absolute atomic E-state index is 0.596. The molecule has 62 heavy (non-hydrogen) atoms. The number of fused-ring (bicyclic) bond motifs is 3. The predicted molar refractivity (Wildman–Crippen MR) is 256 cm³/mol. The first kappa shape index (κ1) is 36.7. The molecule has 0 spiro atoms. The van der Waals surface area contributed by atoms with Crippen LogP contribution in [0.2, 0.25) is 0 Å². The first-order valence-electron chi connectivity index (χ1n) is 20.9. The van der Waals surface area contributed by atoms with Crippen molar-refractivity contribution < 1.29 is 0 Å². The Hall–Kier alpha value is -8.41. The molecule has 0 N–H and O–H groups in total. The fraction of sp³-hybridized carbons (Fsp3) is 0. The lowest BCUT2D eigenvalue weighted by molar-refractivity contribution is 1.07. The maximum atomic E-state index is 5.21. The molecule has 0 radical (unpaired) electrons. The maximum absolute atomic E-state index is 5.21. The van der Waals surface area contributed by atoms with Crippen LogP contribution in [0.1, 0.15) is 0 Å². The Labute approximate surface area is 360 Å². The van der Waals surface area contributed by atoms with Crippen molar-refractivity contribution >= 4 is 38.9 Å². The third-order valence-corrected chi connectivity index (χ3v) is 11.4. The third-order valence-electron chi connectivity index (χ3n) is 11.4. The summed E-state index contributed by atoms with van der Waals surface area (Å²) in [5.74, 6) is 1.84.